The van der Waals surface area contributed by atoms with E-state index in [0.717, 1.165) is 0 Å². The topological polar surface area (TPSA) is 0 Å². The second-order valence-corrected chi connectivity index (χ2v) is 26.7. The van der Waals surface area contributed by atoms with E-state index in [0.29, 0.717) is 4.22 Å². The minimum absolute atomic E-state index is 0.421. The molecule has 0 aromatic heterocycles. The van der Waals surface area contributed by atoms with Crippen LogP contribution in [0.1, 0.15) is 0 Å². The van der Waals surface area contributed by atoms with Gasteiger partial charge in [0.15, 0.2) is 0 Å². The zero-order valence-electron chi connectivity index (χ0n) is 6.72. The van der Waals surface area contributed by atoms with E-state index in [1.165, 1.54) is 0 Å². The molecule has 1 rings (SSSR count). The summed E-state index contributed by atoms with van der Waals surface area (Å²) in [6.07, 6.45) is 8.39. The van der Waals surface area contributed by atoms with Crippen molar-refractivity contribution in [1.82, 2.24) is 0 Å². The Kier molecular flexibility index (Phi) is 3.48. The summed E-state index contributed by atoms with van der Waals surface area (Å²) in [7, 11) is 12.8. The number of allylic oxidation sites excluding steroid dienone is 4. The Balaban J connectivity index is 2.72. The third kappa shape index (κ3) is 2.22. The predicted octanol–water partition coefficient (Wildman–Crippen LogP) is 3.35. The molecule has 1 aliphatic rings. The first-order valence-corrected chi connectivity index (χ1v) is 14.6. The number of hydrogen-bond donors (Lipinski definition) is 0. The van der Waals surface area contributed by atoms with Crippen LogP contribution < -0.4 is 0 Å². The monoisotopic (exact) mass is 242 g/mol. The SMILES string of the molecule is C[SiH](C)[Ti]([Cl])([Cl])[CH]1C=CC=C1. The van der Waals surface area contributed by atoms with Crippen molar-refractivity contribution in [1.29, 1.82) is 0 Å². The Labute approximate surface area is 80.2 Å². The van der Waals surface area contributed by atoms with E-state index in [1.54, 1.807) is 0 Å². The average molecular weight is 243 g/mol. The predicted molar refractivity (Wildman–Crippen MR) is 52.6 cm³/mol. The van der Waals surface area contributed by atoms with Gasteiger partial charge in [-0.3, -0.25) is 0 Å². The standard InChI is InChI=1S/C5H5.C2H7Si.2ClH.Ti/c1-2-4-5-3-1;1-3-2;;;/h1-5H;3H,1-2H3;2*1H;/q;;;;+2/p-2. The van der Waals surface area contributed by atoms with Crippen LogP contribution in [0.25, 0.3) is 0 Å². The van der Waals surface area contributed by atoms with E-state index >= 15 is 0 Å². The van der Waals surface area contributed by atoms with Crippen LogP contribution in [0.4, 0.5) is 0 Å². The molecule has 0 saturated heterocycles. The molecule has 62 valence electrons. The van der Waals surface area contributed by atoms with Gasteiger partial charge in [0.1, 0.15) is 0 Å². The van der Waals surface area contributed by atoms with E-state index in [-0.39, 0.29) is 0 Å². The molecule has 1 aliphatic carbocycles. The Morgan fingerprint density at radius 1 is 1.18 bits per heavy atom. The molecule has 0 atom stereocenters. The molecule has 0 heterocycles. The second kappa shape index (κ2) is 3.80. The molecule has 0 aromatic rings. The van der Waals surface area contributed by atoms with Crippen molar-refractivity contribution in [2.75, 3.05) is 0 Å². The fourth-order valence-electron chi connectivity index (χ4n) is 1.07. The first-order chi connectivity index (χ1) is 5.05. The van der Waals surface area contributed by atoms with Gasteiger partial charge < -0.3 is 0 Å². The van der Waals surface area contributed by atoms with Gasteiger partial charge in [-0.1, -0.05) is 0 Å². The van der Waals surface area contributed by atoms with Crippen molar-refractivity contribution in [3.05, 3.63) is 24.3 Å². The van der Waals surface area contributed by atoms with E-state index in [9.17, 15) is 0 Å². The molecule has 11 heavy (non-hydrogen) atoms. The third-order valence-electron chi connectivity index (χ3n) is 1.96. The zero-order chi connectivity index (χ0) is 8.48. The number of halogens is 2. The zero-order valence-corrected chi connectivity index (χ0v) is 10.9. The van der Waals surface area contributed by atoms with Crippen LogP contribution in [0.15, 0.2) is 24.3 Å². The summed E-state index contributed by atoms with van der Waals surface area (Å²) in [6, 6.07) is 0. The molecule has 0 aromatic carbocycles. The Morgan fingerprint density at radius 2 is 1.64 bits per heavy atom. The number of rotatable bonds is 2. The molecule has 0 bridgehead atoms. The van der Waals surface area contributed by atoms with Crippen LogP contribution in [0.3, 0.4) is 0 Å². The summed E-state index contributed by atoms with van der Waals surface area (Å²) in [5.74, 6) is 0. The quantitative estimate of drug-likeness (QED) is 0.652. The van der Waals surface area contributed by atoms with Crippen LogP contribution >= 0.6 is 18.6 Å². The molecule has 0 N–H and O–H groups in total. The fraction of sp³-hybridized carbons (Fsp3) is 0.429. The van der Waals surface area contributed by atoms with E-state index in [4.69, 9.17) is 18.6 Å². The fourth-order valence-corrected chi connectivity index (χ4v) is 8.71. The summed E-state index contributed by atoms with van der Waals surface area (Å²) >= 11 is -2.44. The second-order valence-electron chi connectivity index (χ2n) is 3.12. The van der Waals surface area contributed by atoms with E-state index in [2.05, 4.69) is 25.2 Å². The summed E-state index contributed by atoms with van der Waals surface area (Å²) < 4.78 is 0.421. The Hall–Kier alpha value is 0.991. The van der Waals surface area contributed by atoms with Gasteiger partial charge in [0, 0.05) is 0 Å². The summed E-state index contributed by atoms with van der Waals surface area (Å²) in [5, 5.41) is 0. The number of hydrogen-bond acceptors (Lipinski definition) is 0. The third-order valence-corrected chi connectivity index (χ3v) is 27.2. The summed E-state index contributed by atoms with van der Waals surface area (Å²) in [6.45, 7) is 3.68. The molecule has 0 fully saturated rings. The molecule has 0 amide bonds. The van der Waals surface area contributed by atoms with Crippen LogP contribution in [0.2, 0.25) is 17.3 Å². The van der Waals surface area contributed by atoms with Crippen LogP contribution in [-0.4, -0.2) is 6.66 Å². The van der Waals surface area contributed by atoms with Gasteiger partial charge in [-0.2, -0.15) is 0 Å². The summed E-state index contributed by atoms with van der Waals surface area (Å²) in [5.41, 5.74) is 0. The van der Waals surface area contributed by atoms with Gasteiger partial charge >= 0.3 is 80.6 Å². The first-order valence-electron chi connectivity index (χ1n) is 3.78. The van der Waals surface area contributed by atoms with Crippen LogP contribution in [0.5, 0.6) is 0 Å². The molecule has 4 heteroatoms. The van der Waals surface area contributed by atoms with Crippen molar-refractivity contribution < 1.29 is 13.7 Å². The van der Waals surface area contributed by atoms with Gasteiger partial charge in [0.05, 0.1) is 0 Å². The van der Waals surface area contributed by atoms with Gasteiger partial charge in [0.25, 0.3) is 0 Å². The maximum atomic E-state index is 6.39. The molecule has 0 radical (unpaired) electrons. The normalized spacial score (nSPS) is 18.6. The molecule has 0 unspecified atom stereocenters. The molecule has 0 nitrogen and oxygen atoms in total. The van der Waals surface area contributed by atoms with Crippen molar-refractivity contribution in [2.24, 2.45) is 0 Å². The Bertz CT molecular complexity index is 187. The van der Waals surface area contributed by atoms with Crippen molar-refractivity contribution in [2.45, 2.75) is 17.3 Å². The van der Waals surface area contributed by atoms with Crippen molar-refractivity contribution in [3.63, 3.8) is 0 Å². The van der Waals surface area contributed by atoms with Gasteiger partial charge in [0.2, 0.25) is 0 Å². The maximum absolute atomic E-state index is 6.39. The first kappa shape index (κ1) is 10.1. The van der Waals surface area contributed by atoms with Crippen LogP contribution in [0, 0.1) is 0 Å². The summed E-state index contributed by atoms with van der Waals surface area (Å²) in [4.78, 5) is 0. The van der Waals surface area contributed by atoms with Crippen LogP contribution in [-0.2, 0) is 13.7 Å². The van der Waals surface area contributed by atoms with E-state index < -0.39 is 20.4 Å². The van der Waals surface area contributed by atoms with Gasteiger partial charge in [-0.05, 0) is 0 Å². The minimum atomic E-state index is -2.44. The molecule has 0 aliphatic heterocycles. The van der Waals surface area contributed by atoms with Gasteiger partial charge in [-0.25, -0.2) is 0 Å². The molecular weight excluding hydrogens is 231 g/mol. The van der Waals surface area contributed by atoms with E-state index in [1.807, 2.05) is 12.2 Å². The average Bonchev–Trinajstić information content (AvgIpc) is 2.37. The van der Waals surface area contributed by atoms with Crippen molar-refractivity contribution in [3.8, 4) is 0 Å². The Morgan fingerprint density at radius 3 is 2.00 bits per heavy atom. The van der Waals surface area contributed by atoms with Crippen molar-refractivity contribution >= 4 is 25.3 Å². The molecule has 0 saturated carbocycles. The molecular formula is C7H12Cl2SiTi. The van der Waals surface area contributed by atoms with Gasteiger partial charge in [-0.15, -0.1) is 0 Å². The molecule has 0 spiro atoms.